The molecule has 4 aromatic carbocycles. The summed E-state index contributed by atoms with van der Waals surface area (Å²) in [7, 11) is 0. The maximum Gasteiger partial charge on any atom is 0.407 e. The molecule has 4 aromatic rings. The first-order valence-corrected chi connectivity index (χ1v) is 12.6. The summed E-state index contributed by atoms with van der Waals surface area (Å²) in [5, 5.41) is 12.3. The van der Waals surface area contributed by atoms with Crippen molar-refractivity contribution in [3.8, 4) is 16.9 Å². The van der Waals surface area contributed by atoms with E-state index in [2.05, 4.69) is 17.4 Å². The Morgan fingerprint density at radius 3 is 2.13 bits per heavy atom. The molecular formula is C32H29NO5. The number of hydrogen-bond donors (Lipinski definition) is 2. The van der Waals surface area contributed by atoms with Crippen molar-refractivity contribution < 1.29 is 24.2 Å². The minimum atomic E-state index is -1.12. The minimum absolute atomic E-state index is 0.0953. The second-order valence-electron chi connectivity index (χ2n) is 9.43. The van der Waals surface area contributed by atoms with E-state index in [1.165, 1.54) is 0 Å². The first-order valence-electron chi connectivity index (χ1n) is 12.6. The Morgan fingerprint density at radius 1 is 0.868 bits per heavy atom. The number of carboxylic acid groups (broad SMARTS) is 1. The number of carbonyl (C=O) groups is 2. The lowest BCUT2D eigenvalue weighted by Crippen LogP contribution is -2.43. The van der Waals surface area contributed by atoms with E-state index in [4.69, 9.17) is 9.47 Å². The van der Waals surface area contributed by atoms with Crippen LogP contribution >= 0.6 is 0 Å². The van der Waals surface area contributed by atoms with E-state index in [9.17, 15) is 14.7 Å². The second-order valence-corrected chi connectivity index (χ2v) is 9.43. The van der Waals surface area contributed by atoms with Crippen molar-refractivity contribution in [1.82, 2.24) is 5.32 Å². The average Bonchev–Trinajstić information content (AvgIpc) is 3.25. The molecule has 0 aliphatic heterocycles. The van der Waals surface area contributed by atoms with Crippen LogP contribution in [0.1, 0.15) is 33.7 Å². The van der Waals surface area contributed by atoms with Gasteiger partial charge in [0, 0.05) is 12.3 Å². The first kappa shape index (κ1) is 25.1. The number of nitrogens with one attached hydrogen (secondary N) is 1. The number of carbonyl (C=O) groups excluding carboxylic acids is 1. The predicted molar refractivity (Wildman–Crippen MR) is 145 cm³/mol. The van der Waals surface area contributed by atoms with E-state index in [-0.39, 0.29) is 18.9 Å². The molecule has 0 saturated heterocycles. The molecule has 6 nitrogen and oxygen atoms in total. The van der Waals surface area contributed by atoms with Crippen molar-refractivity contribution in [3.05, 3.63) is 125 Å². The molecule has 6 heteroatoms. The van der Waals surface area contributed by atoms with Crippen molar-refractivity contribution in [2.75, 3.05) is 6.61 Å². The van der Waals surface area contributed by atoms with Crippen LogP contribution in [0.2, 0.25) is 0 Å². The van der Waals surface area contributed by atoms with E-state index < -0.39 is 18.1 Å². The zero-order valence-corrected chi connectivity index (χ0v) is 21.1. The Hall–Kier alpha value is -4.58. The Labute approximate surface area is 221 Å². The number of carboxylic acids is 1. The molecule has 5 rings (SSSR count). The molecule has 0 radical (unpaired) electrons. The molecule has 0 aromatic heterocycles. The molecule has 1 aliphatic rings. The lowest BCUT2D eigenvalue weighted by Gasteiger charge is -2.18. The van der Waals surface area contributed by atoms with Gasteiger partial charge in [-0.25, -0.2) is 9.59 Å². The quantitative estimate of drug-likeness (QED) is 0.286. The van der Waals surface area contributed by atoms with Crippen molar-refractivity contribution in [2.45, 2.75) is 31.9 Å². The SMILES string of the molecule is Cc1cc(OCc2ccccc2)ccc1CC(NC(=O)OCC1c2ccccc2-c2ccccc21)C(=O)O. The Kier molecular flexibility index (Phi) is 7.40. The molecule has 1 amide bonds. The predicted octanol–water partition coefficient (Wildman–Crippen LogP) is 6.11. The van der Waals surface area contributed by atoms with Crippen molar-refractivity contribution >= 4 is 12.1 Å². The van der Waals surface area contributed by atoms with Crippen LogP contribution in [0.15, 0.2) is 97.1 Å². The van der Waals surface area contributed by atoms with Gasteiger partial charge in [0.2, 0.25) is 0 Å². The number of hydrogen-bond acceptors (Lipinski definition) is 4. The van der Waals surface area contributed by atoms with E-state index in [1.807, 2.05) is 91.9 Å². The summed E-state index contributed by atoms with van der Waals surface area (Å²) >= 11 is 0. The normalized spacial score (nSPS) is 12.8. The lowest BCUT2D eigenvalue weighted by atomic mass is 9.98. The number of amides is 1. The Balaban J connectivity index is 1.20. The van der Waals surface area contributed by atoms with Gasteiger partial charge < -0.3 is 19.9 Å². The molecule has 0 spiro atoms. The number of aryl methyl sites for hydroxylation is 1. The number of alkyl carbamates (subject to hydrolysis) is 1. The van der Waals surface area contributed by atoms with E-state index >= 15 is 0 Å². The fourth-order valence-corrected chi connectivity index (χ4v) is 4.93. The topological polar surface area (TPSA) is 84.9 Å². The van der Waals surface area contributed by atoms with Gasteiger partial charge in [-0.3, -0.25) is 0 Å². The summed E-state index contributed by atoms with van der Waals surface area (Å²) in [4.78, 5) is 24.6. The summed E-state index contributed by atoms with van der Waals surface area (Å²) in [6, 6.07) is 30.4. The third kappa shape index (κ3) is 5.54. The largest absolute Gasteiger partial charge is 0.489 e. The smallest absolute Gasteiger partial charge is 0.407 e. The summed E-state index contributed by atoms with van der Waals surface area (Å²) in [5.74, 6) is -0.518. The summed E-state index contributed by atoms with van der Waals surface area (Å²) in [6.45, 7) is 2.47. The molecule has 2 N–H and O–H groups in total. The number of benzene rings is 4. The molecule has 192 valence electrons. The van der Waals surface area contributed by atoms with Crippen LogP contribution in [-0.4, -0.2) is 29.8 Å². The molecular weight excluding hydrogens is 478 g/mol. The number of fused-ring (bicyclic) bond motifs is 3. The van der Waals surface area contributed by atoms with Gasteiger partial charge in [0.15, 0.2) is 0 Å². The van der Waals surface area contributed by atoms with Gasteiger partial charge in [-0.2, -0.15) is 0 Å². The highest BCUT2D eigenvalue weighted by Crippen LogP contribution is 2.44. The van der Waals surface area contributed by atoms with Crippen LogP contribution in [0.25, 0.3) is 11.1 Å². The van der Waals surface area contributed by atoms with Gasteiger partial charge in [0.05, 0.1) is 0 Å². The third-order valence-electron chi connectivity index (χ3n) is 6.92. The molecule has 0 saturated carbocycles. The van der Waals surface area contributed by atoms with Gasteiger partial charge in [-0.15, -0.1) is 0 Å². The fraction of sp³-hybridized carbons (Fsp3) is 0.188. The van der Waals surface area contributed by atoms with Crippen LogP contribution in [0, 0.1) is 6.92 Å². The highest BCUT2D eigenvalue weighted by atomic mass is 16.5. The van der Waals surface area contributed by atoms with Gasteiger partial charge in [0.1, 0.15) is 25.0 Å². The Bertz CT molecular complexity index is 1400. The summed E-state index contributed by atoms with van der Waals surface area (Å²) < 4.78 is 11.4. The van der Waals surface area contributed by atoms with Gasteiger partial charge in [-0.05, 0) is 58.0 Å². The van der Waals surface area contributed by atoms with E-state index in [0.717, 1.165) is 38.9 Å². The standard InChI is InChI=1S/C32H29NO5/c1-21-17-24(37-19-22-9-3-2-4-10-22)16-15-23(21)18-30(31(34)35)33-32(36)38-20-29-27-13-7-5-11-25(27)26-12-6-8-14-28(26)29/h2-17,29-30H,18-20H2,1H3,(H,33,36)(H,34,35). The Morgan fingerprint density at radius 2 is 1.50 bits per heavy atom. The van der Waals surface area contributed by atoms with Crippen LogP contribution in [0.3, 0.4) is 0 Å². The number of aliphatic carboxylic acids is 1. The monoisotopic (exact) mass is 507 g/mol. The van der Waals surface area contributed by atoms with E-state index in [1.54, 1.807) is 0 Å². The van der Waals surface area contributed by atoms with Gasteiger partial charge in [0.25, 0.3) is 0 Å². The van der Waals surface area contributed by atoms with Gasteiger partial charge in [-0.1, -0.05) is 84.9 Å². The molecule has 0 bridgehead atoms. The average molecular weight is 508 g/mol. The maximum absolute atomic E-state index is 12.7. The van der Waals surface area contributed by atoms with Gasteiger partial charge >= 0.3 is 12.1 Å². The molecule has 0 heterocycles. The minimum Gasteiger partial charge on any atom is -0.489 e. The van der Waals surface area contributed by atoms with Crippen molar-refractivity contribution in [2.24, 2.45) is 0 Å². The molecule has 1 unspecified atom stereocenters. The zero-order valence-electron chi connectivity index (χ0n) is 21.1. The molecule has 1 atom stereocenters. The number of ether oxygens (including phenoxy) is 2. The third-order valence-corrected chi connectivity index (χ3v) is 6.92. The summed E-state index contributed by atoms with van der Waals surface area (Å²) in [6.07, 6.45) is -0.621. The first-order chi connectivity index (χ1) is 18.5. The van der Waals surface area contributed by atoms with Crippen LogP contribution in [0.5, 0.6) is 5.75 Å². The maximum atomic E-state index is 12.7. The fourth-order valence-electron chi connectivity index (χ4n) is 4.93. The highest BCUT2D eigenvalue weighted by molar-refractivity contribution is 5.81. The zero-order chi connectivity index (χ0) is 26.5. The number of rotatable bonds is 9. The van der Waals surface area contributed by atoms with Crippen molar-refractivity contribution in [1.29, 1.82) is 0 Å². The second kappa shape index (κ2) is 11.2. The molecule has 0 fully saturated rings. The van der Waals surface area contributed by atoms with Crippen LogP contribution in [-0.2, 0) is 22.6 Å². The van der Waals surface area contributed by atoms with Crippen LogP contribution < -0.4 is 10.1 Å². The van der Waals surface area contributed by atoms with E-state index in [0.29, 0.717) is 12.4 Å². The van der Waals surface area contributed by atoms with Crippen LogP contribution in [0.4, 0.5) is 4.79 Å². The highest BCUT2D eigenvalue weighted by Gasteiger charge is 2.30. The molecule has 1 aliphatic carbocycles. The molecule has 38 heavy (non-hydrogen) atoms. The van der Waals surface area contributed by atoms with Crippen molar-refractivity contribution in [3.63, 3.8) is 0 Å². The lowest BCUT2D eigenvalue weighted by molar-refractivity contribution is -0.139. The summed E-state index contributed by atoms with van der Waals surface area (Å²) in [5.41, 5.74) is 7.22.